The second-order valence-corrected chi connectivity index (χ2v) is 11.1. The monoisotopic (exact) mass is 543 g/mol. The highest BCUT2D eigenvalue weighted by Crippen LogP contribution is 2.34. The van der Waals surface area contributed by atoms with Crippen molar-refractivity contribution in [3.8, 4) is 0 Å². The fraction of sp³-hybridized carbons (Fsp3) is 0.414. The predicted octanol–water partition coefficient (Wildman–Crippen LogP) is 6.11. The van der Waals surface area contributed by atoms with Crippen LogP contribution >= 0.6 is 23.2 Å². The standard InChI is InChI=1S/C29H32Cl2FN3O2/c30-25-4-1-19(15-26(25)31)2-6-29(37)35-13-9-21(10-14-35)28(36)18-34-11-7-20(8-12-34)24-17-33-27-5-3-22(32)16-23(24)27/h1-6,15-17,20-21,28,33,36H,7-14,18H2/b6-2+. The Morgan fingerprint density at radius 3 is 2.54 bits per heavy atom. The number of hydrogen-bond acceptors (Lipinski definition) is 3. The number of nitrogens with zero attached hydrogens (tertiary/aromatic N) is 2. The van der Waals surface area contributed by atoms with Crippen LogP contribution < -0.4 is 0 Å². The molecule has 1 amide bonds. The molecule has 2 saturated heterocycles. The minimum absolute atomic E-state index is 0.0294. The van der Waals surface area contributed by atoms with Gasteiger partial charge in [0, 0.05) is 42.8 Å². The number of carbonyl (C=O) groups excluding carboxylic acids is 1. The van der Waals surface area contributed by atoms with Crippen LogP contribution in [0.15, 0.2) is 48.7 Å². The molecule has 1 unspecified atom stereocenters. The first-order valence-electron chi connectivity index (χ1n) is 13.0. The molecule has 3 heterocycles. The number of halogens is 3. The van der Waals surface area contributed by atoms with E-state index in [2.05, 4.69) is 9.88 Å². The number of amides is 1. The molecule has 37 heavy (non-hydrogen) atoms. The van der Waals surface area contributed by atoms with Crippen LogP contribution in [0.4, 0.5) is 4.39 Å². The zero-order chi connectivity index (χ0) is 25.9. The van der Waals surface area contributed by atoms with Crippen molar-refractivity contribution < 1.29 is 14.3 Å². The summed E-state index contributed by atoms with van der Waals surface area (Å²) >= 11 is 12.0. The second kappa shape index (κ2) is 11.6. The van der Waals surface area contributed by atoms with Gasteiger partial charge in [0.2, 0.25) is 5.91 Å². The van der Waals surface area contributed by atoms with Crippen LogP contribution in [0.3, 0.4) is 0 Å². The van der Waals surface area contributed by atoms with E-state index >= 15 is 0 Å². The lowest BCUT2D eigenvalue weighted by molar-refractivity contribution is -0.128. The maximum Gasteiger partial charge on any atom is 0.246 e. The van der Waals surface area contributed by atoms with Crippen molar-refractivity contribution in [3.05, 3.63) is 75.7 Å². The van der Waals surface area contributed by atoms with Gasteiger partial charge in [0.15, 0.2) is 0 Å². The molecule has 0 spiro atoms. The number of aromatic amines is 1. The van der Waals surface area contributed by atoms with Gasteiger partial charge in [0.05, 0.1) is 16.1 Å². The number of carbonyl (C=O) groups is 1. The van der Waals surface area contributed by atoms with E-state index < -0.39 is 6.10 Å². The third kappa shape index (κ3) is 6.20. The largest absolute Gasteiger partial charge is 0.392 e. The molecule has 2 aliphatic heterocycles. The first-order valence-corrected chi connectivity index (χ1v) is 13.7. The molecule has 5 nitrogen and oxygen atoms in total. The fourth-order valence-electron chi connectivity index (χ4n) is 5.69. The van der Waals surface area contributed by atoms with Gasteiger partial charge in [-0.2, -0.15) is 0 Å². The zero-order valence-electron chi connectivity index (χ0n) is 20.7. The average molecular weight is 544 g/mol. The van der Waals surface area contributed by atoms with Crippen molar-refractivity contribution in [2.75, 3.05) is 32.7 Å². The van der Waals surface area contributed by atoms with Crippen molar-refractivity contribution in [1.29, 1.82) is 0 Å². The highest BCUT2D eigenvalue weighted by atomic mass is 35.5. The van der Waals surface area contributed by atoms with Gasteiger partial charge < -0.3 is 19.9 Å². The summed E-state index contributed by atoms with van der Waals surface area (Å²) < 4.78 is 13.8. The van der Waals surface area contributed by atoms with Gasteiger partial charge in [-0.3, -0.25) is 4.79 Å². The number of hydrogen-bond donors (Lipinski definition) is 2. The molecule has 1 aromatic heterocycles. The topological polar surface area (TPSA) is 59.6 Å². The molecule has 0 bridgehead atoms. The van der Waals surface area contributed by atoms with E-state index in [9.17, 15) is 14.3 Å². The van der Waals surface area contributed by atoms with Gasteiger partial charge in [-0.25, -0.2) is 4.39 Å². The second-order valence-electron chi connectivity index (χ2n) is 10.2. The smallest absolute Gasteiger partial charge is 0.246 e. The highest BCUT2D eigenvalue weighted by molar-refractivity contribution is 6.42. The molecule has 2 aliphatic rings. The van der Waals surface area contributed by atoms with E-state index in [1.165, 1.54) is 11.6 Å². The Bertz CT molecular complexity index is 1280. The van der Waals surface area contributed by atoms with Gasteiger partial charge in [0.25, 0.3) is 0 Å². The van der Waals surface area contributed by atoms with Crippen LogP contribution in [0.2, 0.25) is 10.0 Å². The maximum atomic E-state index is 13.8. The van der Waals surface area contributed by atoms with Gasteiger partial charge in [0.1, 0.15) is 5.82 Å². The van der Waals surface area contributed by atoms with E-state index in [1.54, 1.807) is 36.4 Å². The van der Waals surface area contributed by atoms with Crippen molar-refractivity contribution in [2.45, 2.75) is 37.7 Å². The fourth-order valence-corrected chi connectivity index (χ4v) is 5.99. The molecule has 8 heteroatoms. The van der Waals surface area contributed by atoms with Crippen molar-refractivity contribution in [3.63, 3.8) is 0 Å². The van der Waals surface area contributed by atoms with Gasteiger partial charge in [-0.1, -0.05) is 29.3 Å². The van der Waals surface area contributed by atoms with Crippen molar-refractivity contribution in [2.24, 2.45) is 5.92 Å². The molecule has 0 aliphatic carbocycles. The molecule has 1 atom stereocenters. The lowest BCUT2D eigenvalue weighted by atomic mass is 9.87. The predicted molar refractivity (Wildman–Crippen MR) is 147 cm³/mol. The molecule has 5 rings (SSSR count). The normalized spacial score (nSPS) is 19.2. The maximum absolute atomic E-state index is 13.8. The lowest BCUT2D eigenvalue weighted by Crippen LogP contribution is -2.45. The van der Waals surface area contributed by atoms with Crippen LogP contribution in [0.1, 0.15) is 42.7 Å². The summed E-state index contributed by atoms with van der Waals surface area (Å²) in [4.78, 5) is 20.1. The molecule has 0 radical (unpaired) electrons. The number of piperidine rings is 2. The first-order chi connectivity index (χ1) is 17.9. The van der Waals surface area contributed by atoms with Gasteiger partial charge in [-0.15, -0.1) is 0 Å². The van der Waals surface area contributed by atoms with Gasteiger partial charge in [-0.05, 0) is 98.1 Å². The number of rotatable bonds is 6. The number of β-amino-alcohol motifs (C(OH)–C–C–N with tert-alkyl or cyclic N) is 1. The number of fused-ring (bicyclic) bond motifs is 1. The van der Waals surface area contributed by atoms with Crippen LogP contribution in [-0.4, -0.2) is 64.6 Å². The SMILES string of the molecule is O=C(/C=C/c1ccc(Cl)c(Cl)c1)N1CCC(C(O)CN2CCC(c3c[nH]c4ccc(F)cc34)CC2)CC1. The Morgan fingerprint density at radius 2 is 1.81 bits per heavy atom. The molecule has 196 valence electrons. The highest BCUT2D eigenvalue weighted by Gasteiger charge is 2.30. The third-order valence-corrected chi connectivity index (χ3v) is 8.64. The molecule has 2 fully saturated rings. The Morgan fingerprint density at radius 1 is 1.05 bits per heavy atom. The number of aliphatic hydroxyl groups excluding tert-OH is 1. The Hall–Kier alpha value is -2.38. The van der Waals surface area contributed by atoms with Crippen LogP contribution in [0, 0.1) is 11.7 Å². The van der Waals surface area contributed by atoms with Crippen LogP contribution in [0.25, 0.3) is 17.0 Å². The number of aromatic nitrogens is 1. The van der Waals surface area contributed by atoms with Crippen LogP contribution in [0.5, 0.6) is 0 Å². The average Bonchev–Trinajstić information content (AvgIpc) is 3.32. The molecule has 2 aromatic carbocycles. The Labute approximate surface area is 226 Å². The molecule has 0 saturated carbocycles. The molecular weight excluding hydrogens is 512 g/mol. The quantitative estimate of drug-likeness (QED) is 0.369. The third-order valence-electron chi connectivity index (χ3n) is 7.91. The number of H-pyrrole nitrogens is 1. The zero-order valence-corrected chi connectivity index (χ0v) is 22.2. The number of aliphatic hydroxyl groups is 1. The van der Waals surface area contributed by atoms with Crippen molar-refractivity contribution in [1.82, 2.24) is 14.8 Å². The summed E-state index contributed by atoms with van der Waals surface area (Å²) in [5, 5.41) is 12.9. The Balaban J connectivity index is 1.07. The number of nitrogens with one attached hydrogen (secondary N) is 1. The molecular formula is C29H32Cl2FN3O2. The number of benzene rings is 2. The van der Waals surface area contributed by atoms with E-state index in [0.29, 0.717) is 35.6 Å². The van der Waals surface area contributed by atoms with Crippen molar-refractivity contribution >= 4 is 46.1 Å². The molecule has 3 aromatic rings. The summed E-state index contributed by atoms with van der Waals surface area (Å²) in [5.74, 6) is 0.356. The summed E-state index contributed by atoms with van der Waals surface area (Å²) in [7, 11) is 0. The lowest BCUT2D eigenvalue weighted by Gasteiger charge is -2.37. The Kier molecular flexibility index (Phi) is 8.20. The summed E-state index contributed by atoms with van der Waals surface area (Å²) in [6, 6.07) is 10.2. The summed E-state index contributed by atoms with van der Waals surface area (Å²) in [6.45, 7) is 3.78. The van der Waals surface area contributed by atoms with E-state index in [-0.39, 0.29) is 17.6 Å². The van der Waals surface area contributed by atoms with E-state index in [1.807, 2.05) is 17.2 Å². The van der Waals surface area contributed by atoms with Gasteiger partial charge >= 0.3 is 0 Å². The first kappa shape index (κ1) is 26.2. The van der Waals surface area contributed by atoms with E-state index in [0.717, 1.165) is 55.2 Å². The number of likely N-dealkylation sites (tertiary alicyclic amines) is 2. The van der Waals surface area contributed by atoms with E-state index in [4.69, 9.17) is 23.2 Å². The minimum Gasteiger partial charge on any atom is -0.392 e. The summed E-state index contributed by atoms with van der Waals surface area (Å²) in [5.41, 5.74) is 3.00. The van der Waals surface area contributed by atoms with Crippen LogP contribution in [-0.2, 0) is 4.79 Å². The minimum atomic E-state index is -0.400. The molecule has 2 N–H and O–H groups in total. The summed E-state index contributed by atoms with van der Waals surface area (Å²) in [6.07, 6.45) is 8.53.